The number of rotatable bonds is 6. The Bertz CT molecular complexity index is 480. The molecule has 1 aliphatic carbocycles. The molecule has 0 spiro atoms. The molecule has 3 amide bonds. The van der Waals surface area contributed by atoms with Gasteiger partial charge in [0, 0.05) is 25.7 Å². The molecular formula is C16H25N3O4. The molecule has 0 aromatic rings. The Labute approximate surface area is 136 Å². The first kappa shape index (κ1) is 17.3. The highest BCUT2D eigenvalue weighted by atomic mass is 16.6. The SMILES string of the molecule is C=CCNC(=O)C1(C(=O)NC2CCN(C(=O)OCC)CC2)CC1. The van der Waals surface area contributed by atoms with Gasteiger partial charge in [0.1, 0.15) is 5.41 Å². The highest BCUT2D eigenvalue weighted by Crippen LogP contribution is 2.46. The van der Waals surface area contributed by atoms with Crippen LogP contribution in [0.5, 0.6) is 0 Å². The molecule has 2 fully saturated rings. The van der Waals surface area contributed by atoms with Gasteiger partial charge in [0.25, 0.3) is 0 Å². The number of likely N-dealkylation sites (tertiary alicyclic amines) is 1. The fourth-order valence-corrected chi connectivity index (χ4v) is 2.76. The average molecular weight is 323 g/mol. The van der Waals surface area contributed by atoms with E-state index in [1.165, 1.54) is 0 Å². The predicted molar refractivity (Wildman–Crippen MR) is 84.6 cm³/mol. The molecule has 0 bridgehead atoms. The summed E-state index contributed by atoms with van der Waals surface area (Å²) in [5.74, 6) is -0.424. The summed E-state index contributed by atoms with van der Waals surface area (Å²) in [4.78, 5) is 37.8. The van der Waals surface area contributed by atoms with Gasteiger partial charge >= 0.3 is 6.09 Å². The summed E-state index contributed by atoms with van der Waals surface area (Å²) in [7, 11) is 0. The van der Waals surface area contributed by atoms with Crippen molar-refractivity contribution in [1.29, 1.82) is 0 Å². The summed E-state index contributed by atoms with van der Waals surface area (Å²) in [6.07, 6.45) is 3.81. The molecule has 7 nitrogen and oxygen atoms in total. The molecule has 1 saturated heterocycles. The molecule has 128 valence electrons. The third-order valence-electron chi connectivity index (χ3n) is 4.38. The van der Waals surface area contributed by atoms with E-state index in [2.05, 4.69) is 17.2 Å². The van der Waals surface area contributed by atoms with E-state index < -0.39 is 5.41 Å². The summed E-state index contributed by atoms with van der Waals surface area (Å²) in [6, 6.07) is -0.00199. The van der Waals surface area contributed by atoms with Crippen LogP contribution in [0, 0.1) is 5.41 Å². The van der Waals surface area contributed by atoms with E-state index in [4.69, 9.17) is 4.74 Å². The topological polar surface area (TPSA) is 87.7 Å². The number of piperidine rings is 1. The summed E-state index contributed by atoms with van der Waals surface area (Å²) in [5.41, 5.74) is -0.902. The Morgan fingerprint density at radius 1 is 1.26 bits per heavy atom. The van der Waals surface area contributed by atoms with Crippen molar-refractivity contribution in [3.63, 3.8) is 0 Å². The third kappa shape index (κ3) is 4.03. The number of hydrogen-bond donors (Lipinski definition) is 2. The summed E-state index contributed by atoms with van der Waals surface area (Å²) in [5, 5.41) is 5.67. The molecule has 0 atom stereocenters. The van der Waals surface area contributed by atoms with Gasteiger partial charge in [0.15, 0.2) is 0 Å². The van der Waals surface area contributed by atoms with Crippen LogP contribution in [0.15, 0.2) is 12.7 Å². The first-order chi connectivity index (χ1) is 11.0. The largest absolute Gasteiger partial charge is 0.450 e. The number of nitrogens with one attached hydrogen (secondary N) is 2. The number of ether oxygens (including phenoxy) is 1. The van der Waals surface area contributed by atoms with E-state index in [0.29, 0.717) is 51.9 Å². The van der Waals surface area contributed by atoms with Gasteiger partial charge in [0.2, 0.25) is 11.8 Å². The molecule has 1 aliphatic heterocycles. The second-order valence-corrected chi connectivity index (χ2v) is 6.01. The van der Waals surface area contributed by atoms with Crippen molar-refractivity contribution in [3.05, 3.63) is 12.7 Å². The zero-order chi connectivity index (χ0) is 16.9. The molecule has 2 rings (SSSR count). The first-order valence-corrected chi connectivity index (χ1v) is 8.15. The monoisotopic (exact) mass is 323 g/mol. The van der Waals surface area contributed by atoms with Gasteiger partial charge < -0.3 is 20.3 Å². The maximum Gasteiger partial charge on any atom is 0.409 e. The van der Waals surface area contributed by atoms with Gasteiger partial charge in [-0.25, -0.2) is 4.79 Å². The average Bonchev–Trinajstić information content (AvgIpc) is 3.35. The Balaban J connectivity index is 1.80. The smallest absolute Gasteiger partial charge is 0.409 e. The Morgan fingerprint density at radius 3 is 2.43 bits per heavy atom. The maximum absolute atomic E-state index is 12.4. The molecule has 0 radical (unpaired) electrons. The van der Waals surface area contributed by atoms with E-state index in [0.717, 1.165) is 0 Å². The second-order valence-electron chi connectivity index (χ2n) is 6.01. The van der Waals surface area contributed by atoms with Gasteiger partial charge in [-0.3, -0.25) is 9.59 Å². The molecule has 0 aromatic carbocycles. The zero-order valence-electron chi connectivity index (χ0n) is 13.6. The molecule has 1 heterocycles. The number of nitrogens with zero attached hydrogens (tertiary/aromatic N) is 1. The number of amides is 3. The van der Waals surface area contributed by atoms with Crippen LogP contribution in [-0.2, 0) is 14.3 Å². The highest BCUT2D eigenvalue weighted by Gasteiger charge is 2.56. The van der Waals surface area contributed by atoms with Crippen LogP contribution in [-0.4, -0.2) is 55.1 Å². The summed E-state index contributed by atoms with van der Waals surface area (Å²) in [6.45, 7) is 7.16. The molecule has 2 N–H and O–H groups in total. The maximum atomic E-state index is 12.4. The van der Waals surface area contributed by atoms with Gasteiger partial charge in [-0.15, -0.1) is 6.58 Å². The fraction of sp³-hybridized carbons (Fsp3) is 0.688. The lowest BCUT2D eigenvalue weighted by Gasteiger charge is -2.32. The quantitative estimate of drug-likeness (QED) is 0.559. The molecular weight excluding hydrogens is 298 g/mol. The third-order valence-corrected chi connectivity index (χ3v) is 4.38. The van der Waals surface area contributed by atoms with Crippen LogP contribution in [0.25, 0.3) is 0 Å². The van der Waals surface area contributed by atoms with Gasteiger partial charge in [-0.05, 0) is 32.6 Å². The standard InChI is InChI=1S/C16H25N3O4/c1-3-9-17-13(20)16(7-8-16)14(21)18-12-5-10-19(11-6-12)15(22)23-4-2/h3,12H,1,4-11H2,2H3,(H,17,20)(H,18,21). The van der Waals surface area contributed by atoms with Crippen molar-refractivity contribution in [2.24, 2.45) is 5.41 Å². The Kier molecular flexibility index (Phi) is 5.63. The van der Waals surface area contributed by atoms with Crippen LogP contribution >= 0.6 is 0 Å². The molecule has 0 aromatic heterocycles. The predicted octanol–water partition coefficient (Wildman–Crippen LogP) is 0.806. The Hall–Kier alpha value is -2.05. The van der Waals surface area contributed by atoms with E-state index in [1.54, 1.807) is 17.9 Å². The summed E-state index contributed by atoms with van der Waals surface area (Å²) < 4.78 is 4.97. The van der Waals surface area contributed by atoms with E-state index in [9.17, 15) is 14.4 Å². The van der Waals surface area contributed by atoms with Crippen LogP contribution in [0.3, 0.4) is 0 Å². The number of hydrogen-bond acceptors (Lipinski definition) is 4. The van der Waals surface area contributed by atoms with Gasteiger partial charge in [-0.2, -0.15) is 0 Å². The molecule has 7 heteroatoms. The Morgan fingerprint density at radius 2 is 1.91 bits per heavy atom. The molecule has 0 unspecified atom stereocenters. The van der Waals surface area contributed by atoms with Crippen molar-refractivity contribution < 1.29 is 19.1 Å². The minimum atomic E-state index is -0.902. The lowest BCUT2D eigenvalue weighted by atomic mass is 10.0. The molecule has 2 aliphatic rings. The minimum absolute atomic E-state index is 0.00199. The van der Waals surface area contributed by atoms with Crippen LogP contribution in [0.2, 0.25) is 0 Å². The van der Waals surface area contributed by atoms with E-state index in [1.807, 2.05) is 0 Å². The molecule has 23 heavy (non-hydrogen) atoms. The van der Waals surface area contributed by atoms with Gasteiger partial charge in [0.05, 0.1) is 6.61 Å². The number of carbonyl (C=O) groups is 3. The summed E-state index contributed by atoms with van der Waals surface area (Å²) >= 11 is 0. The van der Waals surface area contributed by atoms with E-state index >= 15 is 0 Å². The highest BCUT2D eigenvalue weighted by molar-refractivity contribution is 6.08. The molecule has 1 saturated carbocycles. The second kappa shape index (κ2) is 7.48. The normalized spacial score (nSPS) is 19.6. The first-order valence-electron chi connectivity index (χ1n) is 8.15. The van der Waals surface area contributed by atoms with Crippen LogP contribution < -0.4 is 10.6 Å². The van der Waals surface area contributed by atoms with Crippen molar-refractivity contribution in [3.8, 4) is 0 Å². The zero-order valence-corrected chi connectivity index (χ0v) is 13.6. The minimum Gasteiger partial charge on any atom is -0.450 e. The van der Waals surface area contributed by atoms with Crippen molar-refractivity contribution >= 4 is 17.9 Å². The van der Waals surface area contributed by atoms with Crippen molar-refractivity contribution in [1.82, 2.24) is 15.5 Å². The van der Waals surface area contributed by atoms with Crippen LogP contribution in [0.1, 0.15) is 32.6 Å². The lowest BCUT2D eigenvalue weighted by Crippen LogP contribution is -2.50. The van der Waals surface area contributed by atoms with Gasteiger partial charge in [-0.1, -0.05) is 6.08 Å². The van der Waals surface area contributed by atoms with E-state index in [-0.39, 0.29) is 23.9 Å². The fourth-order valence-electron chi connectivity index (χ4n) is 2.76. The number of carbonyl (C=O) groups excluding carboxylic acids is 3. The van der Waals surface area contributed by atoms with Crippen molar-refractivity contribution in [2.45, 2.75) is 38.6 Å². The van der Waals surface area contributed by atoms with Crippen LogP contribution in [0.4, 0.5) is 4.79 Å². The lowest BCUT2D eigenvalue weighted by molar-refractivity contribution is -0.137. The van der Waals surface area contributed by atoms with Crippen molar-refractivity contribution in [2.75, 3.05) is 26.2 Å².